The zero-order valence-corrected chi connectivity index (χ0v) is 8.15. The van der Waals surface area contributed by atoms with E-state index in [-0.39, 0.29) is 0 Å². The number of rotatable bonds is 1. The number of fused-ring (bicyclic) bond motifs is 1. The molecule has 14 heavy (non-hydrogen) atoms. The molecule has 0 fully saturated rings. The van der Waals surface area contributed by atoms with Crippen LogP contribution in [0, 0.1) is 0 Å². The van der Waals surface area contributed by atoms with Crippen LogP contribution in [0.3, 0.4) is 0 Å². The molecular weight excluding hydrogens is 204 g/mol. The lowest BCUT2D eigenvalue weighted by atomic mass is 10.3. The van der Waals surface area contributed by atoms with E-state index in [2.05, 4.69) is 9.72 Å². The van der Waals surface area contributed by atoms with Crippen LogP contribution in [0.4, 0.5) is 0 Å². The van der Waals surface area contributed by atoms with Crippen LogP contribution >= 0.6 is 11.6 Å². The molecular formula is C9H7ClN2O2. The molecule has 0 saturated heterocycles. The predicted molar refractivity (Wildman–Crippen MR) is 51.5 cm³/mol. The fourth-order valence-electron chi connectivity index (χ4n) is 1.20. The third-order valence-electron chi connectivity index (χ3n) is 1.89. The number of halogens is 1. The number of esters is 1. The average molecular weight is 211 g/mol. The fraction of sp³-hybridized carbons (Fsp3) is 0.111. The van der Waals surface area contributed by atoms with Crippen molar-refractivity contribution in [3.05, 3.63) is 35.2 Å². The van der Waals surface area contributed by atoms with Crippen LogP contribution < -0.4 is 0 Å². The molecule has 0 N–H and O–H groups in total. The van der Waals surface area contributed by atoms with Crippen molar-refractivity contribution < 1.29 is 9.53 Å². The van der Waals surface area contributed by atoms with Gasteiger partial charge in [0, 0.05) is 24.7 Å². The lowest BCUT2D eigenvalue weighted by Gasteiger charge is -2.02. The minimum absolute atomic E-state index is 0.333. The van der Waals surface area contributed by atoms with E-state index in [0.717, 1.165) is 0 Å². The minimum Gasteiger partial charge on any atom is -0.465 e. The molecule has 0 spiro atoms. The van der Waals surface area contributed by atoms with Crippen LogP contribution in [0.1, 0.15) is 10.4 Å². The zero-order chi connectivity index (χ0) is 10.1. The summed E-state index contributed by atoms with van der Waals surface area (Å²) in [5.41, 5.74) is 1.03. The number of carbonyl (C=O) groups excluding carboxylic acids is 1. The Hall–Kier alpha value is -1.55. The standard InChI is InChI=1S/C9H7ClN2O2/c1-14-9(13)6-5-12-3-2-11-8(12)4-7(6)10/h2-5H,1H3. The topological polar surface area (TPSA) is 43.6 Å². The molecule has 2 heterocycles. The van der Waals surface area contributed by atoms with E-state index in [0.29, 0.717) is 16.2 Å². The van der Waals surface area contributed by atoms with Crippen LogP contribution in [-0.4, -0.2) is 22.5 Å². The summed E-state index contributed by atoms with van der Waals surface area (Å²) in [6, 6.07) is 1.62. The van der Waals surface area contributed by atoms with Gasteiger partial charge in [-0.3, -0.25) is 0 Å². The van der Waals surface area contributed by atoms with E-state index < -0.39 is 5.97 Å². The lowest BCUT2D eigenvalue weighted by Crippen LogP contribution is -2.03. The molecule has 0 saturated carbocycles. The Bertz CT molecular complexity index is 493. The largest absolute Gasteiger partial charge is 0.465 e. The maximum atomic E-state index is 11.3. The zero-order valence-electron chi connectivity index (χ0n) is 7.40. The van der Waals surface area contributed by atoms with Crippen molar-refractivity contribution in [3.8, 4) is 0 Å². The number of methoxy groups -OCH3 is 1. The van der Waals surface area contributed by atoms with Crippen molar-refractivity contribution >= 4 is 23.2 Å². The monoisotopic (exact) mass is 210 g/mol. The Morgan fingerprint density at radius 2 is 2.43 bits per heavy atom. The number of nitrogens with zero attached hydrogens (tertiary/aromatic N) is 2. The number of hydrogen-bond acceptors (Lipinski definition) is 3. The predicted octanol–water partition coefficient (Wildman–Crippen LogP) is 1.77. The van der Waals surface area contributed by atoms with Gasteiger partial charge in [-0.05, 0) is 0 Å². The van der Waals surface area contributed by atoms with Crippen molar-refractivity contribution in [1.82, 2.24) is 9.38 Å². The molecule has 5 heteroatoms. The molecule has 0 bridgehead atoms. The summed E-state index contributed by atoms with van der Waals surface area (Å²) >= 11 is 5.88. The van der Waals surface area contributed by atoms with Crippen molar-refractivity contribution in [2.45, 2.75) is 0 Å². The van der Waals surface area contributed by atoms with Gasteiger partial charge < -0.3 is 9.14 Å². The number of hydrogen-bond donors (Lipinski definition) is 0. The molecule has 0 aliphatic rings. The third-order valence-corrected chi connectivity index (χ3v) is 2.20. The molecule has 0 amide bonds. The first-order valence-corrected chi connectivity index (χ1v) is 4.30. The number of aromatic nitrogens is 2. The quantitative estimate of drug-likeness (QED) is 0.674. The van der Waals surface area contributed by atoms with E-state index in [9.17, 15) is 4.79 Å². The molecule has 72 valence electrons. The van der Waals surface area contributed by atoms with E-state index in [1.807, 2.05) is 0 Å². The van der Waals surface area contributed by atoms with E-state index >= 15 is 0 Å². The van der Waals surface area contributed by atoms with Gasteiger partial charge >= 0.3 is 5.97 Å². The van der Waals surface area contributed by atoms with Crippen molar-refractivity contribution in [2.75, 3.05) is 7.11 Å². The molecule has 0 aliphatic heterocycles. The minimum atomic E-state index is -0.453. The molecule has 0 atom stereocenters. The van der Waals surface area contributed by atoms with Gasteiger partial charge in [-0.1, -0.05) is 11.6 Å². The first-order valence-electron chi connectivity index (χ1n) is 3.93. The number of imidazole rings is 1. The van der Waals surface area contributed by atoms with Crippen LogP contribution in [0.5, 0.6) is 0 Å². The SMILES string of the molecule is COC(=O)c1cn2ccnc2cc1Cl. The summed E-state index contributed by atoms with van der Waals surface area (Å²) in [7, 11) is 1.32. The van der Waals surface area contributed by atoms with Crippen molar-refractivity contribution in [1.29, 1.82) is 0 Å². The Morgan fingerprint density at radius 1 is 1.64 bits per heavy atom. The fourth-order valence-corrected chi connectivity index (χ4v) is 1.42. The van der Waals surface area contributed by atoms with Gasteiger partial charge in [-0.25, -0.2) is 9.78 Å². The van der Waals surface area contributed by atoms with E-state index in [1.54, 1.807) is 29.1 Å². The van der Waals surface area contributed by atoms with Gasteiger partial charge in [0.1, 0.15) is 5.65 Å². The smallest absolute Gasteiger partial charge is 0.340 e. The summed E-state index contributed by atoms with van der Waals surface area (Å²) in [6.45, 7) is 0. The van der Waals surface area contributed by atoms with Crippen LogP contribution in [0.15, 0.2) is 24.7 Å². The average Bonchev–Trinajstić information content (AvgIpc) is 2.62. The molecule has 0 aliphatic carbocycles. The van der Waals surface area contributed by atoms with Crippen LogP contribution in [-0.2, 0) is 4.74 Å². The maximum absolute atomic E-state index is 11.3. The second-order valence-corrected chi connectivity index (χ2v) is 3.13. The highest BCUT2D eigenvalue weighted by Gasteiger charge is 2.11. The molecule has 2 rings (SSSR count). The molecule has 0 radical (unpaired) electrons. The van der Waals surface area contributed by atoms with Gasteiger partial charge in [-0.2, -0.15) is 0 Å². The number of ether oxygens (including phenoxy) is 1. The molecule has 2 aromatic rings. The van der Waals surface area contributed by atoms with Crippen LogP contribution in [0.25, 0.3) is 5.65 Å². The highest BCUT2D eigenvalue weighted by atomic mass is 35.5. The normalized spacial score (nSPS) is 10.4. The van der Waals surface area contributed by atoms with Gasteiger partial charge in [0.15, 0.2) is 0 Å². The molecule has 0 unspecified atom stereocenters. The highest BCUT2D eigenvalue weighted by molar-refractivity contribution is 6.33. The summed E-state index contributed by atoms with van der Waals surface area (Å²) in [6.07, 6.45) is 4.96. The Balaban J connectivity index is 2.64. The Labute approximate surface area is 85.1 Å². The third kappa shape index (κ3) is 1.33. The number of carbonyl (C=O) groups is 1. The maximum Gasteiger partial charge on any atom is 0.340 e. The van der Waals surface area contributed by atoms with Crippen molar-refractivity contribution in [2.24, 2.45) is 0 Å². The summed E-state index contributed by atoms with van der Waals surface area (Å²) in [4.78, 5) is 15.3. The van der Waals surface area contributed by atoms with Gasteiger partial charge in [0.05, 0.1) is 17.7 Å². The Morgan fingerprint density at radius 3 is 3.14 bits per heavy atom. The second kappa shape index (κ2) is 3.31. The summed E-state index contributed by atoms with van der Waals surface area (Å²) in [5.74, 6) is -0.453. The van der Waals surface area contributed by atoms with Gasteiger partial charge in [-0.15, -0.1) is 0 Å². The van der Waals surface area contributed by atoms with Crippen LogP contribution in [0.2, 0.25) is 5.02 Å². The molecule has 0 aromatic carbocycles. The first-order chi connectivity index (χ1) is 6.72. The Kier molecular flexibility index (Phi) is 2.13. The van der Waals surface area contributed by atoms with Gasteiger partial charge in [0.2, 0.25) is 0 Å². The second-order valence-electron chi connectivity index (χ2n) is 2.72. The van der Waals surface area contributed by atoms with E-state index in [4.69, 9.17) is 11.6 Å². The lowest BCUT2D eigenvalue weighted by molar-refractivity contribution is 0.0600. The first kappa shape index (κ1) is 9.02. The number of pyridine rings is 1. The van der Waals surface area contributed by atoms with Gasteiger partial charge in [0.25, 0.3) is 0 Å². The molecule has 4 nitrogen and oxygen atoms in total. The summed E-state index contributed by atoms with van der Waals surface area (Å²) < 4.78 is 6.29. The van der Waals surface area contributed by atoms with Crippen molar-refractivity contribution in [3.63, 3.8) is 0 Å². The summed E-state index contributed by atoms with van der Waals surface area (Å²) in [5, 5.41) is 0.343. The van der Waals surface area contributed by atoms with E-state index in [1.165, 1.54) is 7.11 Å². The highest BCUT2D eigenvalue weighted by Crippen LogP contribution is 2.18. The molecule has 2 aromatic heterocycles.